The van der Waals surface area contributed by atoms with E-state index in [1.165, 1.54) is 53.1 Å². The molecule has 0 unspecified atom stereocenters. The molecule has 0 spiro atoms. The van der Waals surface area contributed by atoms with Gasteiger partial charge < -0.3 is 50.8 Å². The van der Waals surface area contributed by atoms with Crippen molar-refractivity contribution < 1.29 is 49.1 Å². The molecule has 0 aliphatic heterocycles. The summed E-state index contributed by atoms with van der Waals surface area (Å²) in [6.07, 6.45) is -3.08. The number of benzene rings is 3. The molecule has 4 rings (SSSR count). The van der Waals surface area contributed by atoms with Gasteiger partial charge in [0, 0.05) is 25.3 Å². The third-order valence-electron chi connectivity index (χ3n) is 9.59. The summed E-state index contributed by atoms with van der Waals surface area (Å²) in [5.41, 5.74) is -6.09. The van der Waals surface area contributed by atoms with Crippen LogP contribution in [0.25, 0.3) is 0 Å². The Morgan fingerprint density at radius 1 is 0.941 bits per heavy atom. The number of phenolic OH excluding ortho intramolecular Hbond substituents is 1. The molecule has 3 amide bonds. The van der Waals surface area contributed by atoms with Crippen molar-refractivity contribution in [2.24, 2.45) is 0 Å². The zero-order valence-electron chi connectivity index (χ0n) is 29.5. The Labute approximate surface area is 296 Å². The quantitative estimate of drug-likeness (QED) is 0.108. The van der Waals surface area contributed by atoms with Crippen molar-refractivity contribution in [2.75, 3.05) is 26.0 Å². The number of aliphatic hydroxyl groups is 3. The minimum Gasteiger partial charge on any atom is -0.507 e. The van der Waals surface area contributed by atoms with Gasteiger partial charge in [-0.3, -0.25) is 4.79 Å². The summed E-state index contributed by atoms with van der Waals surface area (Å²) in [5.74, 6) is -1.68. The van der Waals surface area contributed by atoms with Crippen LogP contribution in [0, 0.1) is 6.92 Å². The Morgan fingerprint density at radius 2 is 1.61 bits per heavy atom. The number of amides is 3. The third kappa shape index (κ3) is 7.34. The summed E-state index contributed by atoms with van der Waals surface area (Å²) in [6, 6.07) is 15.4. The highest BCUT2D eigenvalue weighted by molar-refractivity contribution is 5.95. The molecule has 6 atom stereocenters. The monoisotopic (exact) mass is 706 g/mol. The highest BCUT2D eigenvalue weighted by Gasteiger charge is 2.78. The van der Waals surface area contributed by atoms with E-state index in [0.29, 0.717) is 16.7 Å². The molecule has 0 heterocycles. The van der Waals surface area contributed by atoms with Gasteiger partial charge in [-0.15, -0.1) is 0 Å². The Balaban J connectivity index is 1.91. The molecule has 3 aromatic rings. The SMILES string of the molecule is CC[C@@]1(O)[C@](NC(=O)N(C)C)([C@H](C)O)[C@@H](NC(=O)OCc2ccccc2)[C@H](Nc2cccc(C(C)=O)c2)[C@]1(O)COC(=O)c1c(C)cccc1O. The van der Waals surface area contributed by atoms with Crippen molar-refractivity contribution >= 4 is 29.6 Å². The molecule has 1 saturated carbocycles. The number of anilines is 1. The number of hydrogen-bond acceptors (Lipinski definition) is 11. The number of esters is 1. The fraction of sp³-hybridized carbons (Fsp3) is 0.405. The third-order valence-corrected chi connectivity index (χ3v) is 9.59. The summed E-state index contributed by atoms with van der Waals surface area (Å²) >= 11 is 0. The highest BCUT2D eigenvalue weighted by Crippen LogP contribution is 2.52. The number of ketones is 1. The van der Waals surface area contributed by atoms with Crippen LogP contribution in [-0.4, -0.2) is 105 Å². The molecule has 0 saturated heterocycles. The number of aromatic hydroxyl groups is 1. The number of aryl methyl sites for hydroxylation is 1. The van der Waals surface area contributed by atoms with Crippen molar-refractivity contribution in [1.82, 2.24) is 15.5 Å². The molecular weight excluding hydrogens is 660 g/mol. The Morgan fingerprint density at radius 3 is 2.20 bits per heavy atom. The first-order chi connectivity index (χ1) is 24.0. The van der Waals surface area contributed by atoms with Crippen molar-refractivity contribution in [1.29, 1.82) is 0 Å². The van der Waals surface area contributed by atoms with Crippen LogP contribution in [0.15, 0.2) is 72.8 Å². The highest BCUT2D eigenvalue weighted by atomic mass is 16.6. The molecule has 274 valence electrons. The first-order valence-corrected chi connectivity index (χ1v) is 16.4. The van der Waals surface area contributed by atoms with E-state index in [9.17, 15) is 39.6 Å². The van der Waals surface area contributed by atoms with Gasteiger partial charge in [0.25, 0.3) is 0 Å². The average molecular weight is 707 g/mol. The van der Waals surface area contributed by atoms with Crippen LogP contribution in [0.4, 0.5) is 15.3 Å². The predicted molar refractivity (Wildman–Crippen MR) is 187 cm³/mol. The van der Waals surface area contributed by atoms with Gasteiger partial charge in [0.2, 0.25) is 0 Å². The lowest BCUT2D eigenvalue weighted by molar-refractivity contribution is -0.197. The van der Waals surface area contributed by atoms with Crippen LogP contribution in [-0.2, 0) is 16.1 Å². The molecule has 7 N–H and O–H groups in total. The van der Waals surface area contributed by atoms with Gasteiger partial charge in [0.15, 0.2) is 11.4 Å². The molecular formula is C37H46N4O10. The maximum atomic E-state index is 13.6. The number of hydrogen-bond donors (Lipinski definition) is 7. The summed E-state index contributed by atoms with van der Waals surface area (Å²) in [7, 11) is 2.85. The van der Waals surface area contributed by atoms with Crippen LogP contribution >= 0.6 is 0 Å². The molecule has 3 aromatic carbocycles. The van der Waals surface area contributed by atoms with Crippen LogP contribution in [0.1, 0.15) is 59.0 Å². The Kier molecular flexibility index (Phi) is 11.6. The standard InChI is InChI=1S/C37H46N4O10/c1-7-36(49)35(48,21-51-32(45)29-22(2)13-11-18-28(29)44)30(38-27-17-12-16-26(19-27)23(3)42)31(37(36,24(4)43)40-33(46)41(5)6)39-34(47)50-20-25-14-9-8-10-15-25/h8-19,24,30-31,38,43-44,48-49H,7,20-21H2,1-6H3,(H,39,47)(H,40,46)/t24-,30-,31-,35+,36-,37-/m0/s1. The second kappa shape index (κ2) is 15.4. The van der Waals surface area contributed by atoms with Gasteiger partial charge >= 0.3 is 18.1 Å². The number of phenols is 1. The molecule has 0 radical (unpaired) electrons. The fourth-order valence-corrected chi connectivity index (χ4v) is 6.86. The van der Waals surface area contributed by atoms with E-state index in [0.717, 1.165) is 4.90 Å². The van der Waals surface area contributed by atoms with Gasteiger partial charge in [0.1, 0.15) is 35.7 Å². The molecule has 1 aliphatic carbocycles. The summed E-state index contributed by atoms with van der Waals surface area (Å²) in [5, 5.41) is 56.3. The zero-order valence-corrected chi connectivity index (χ0v) is 29.5. The van der Waals surface area contributed by atoms with Crippen LogP contribution in [0.2, 0.25) is 0 Å². The number of alkyl carbamates (subject to hydrolysis) is 1. The van der Waals surface area contributed by atoms with Gasteiger partial charge in [-0.1, -0.05) is 61.5 Å². The molecule has 1 aliphatic rings. The van der Waals surface area contributed by atoms with Crippen molar-refractivity contribution in [2.45, 2.75) is 75.7 Å². The molecule has 0 bridgehead atoms. The lowest BCUT2D eigenvalue weighted by atomic mass is 9.70. The van der Waals surface area contributed by atoms with Crippen LogP contribution < -0.4 is 16.0 Å². The number of nitrogens with zero attached hydrogens (tertiary/aromatic N) is 1. The van der Waals surface area contributed by atoms with E-state index in [4.69, 9.17) is 9.47 Å². The van der Waals surface area contributed by atoms with E-state index in [-0.39, 0.29) is 35.8 Å². The minimum atomic E-state index is -2.62. The topological polar surface area (TPSA) is 207 Å². The number of aliphatic hydroxyl groups excluding tert-OH is 1. The van der Waals surface area contributed by atoms with Crippen LogP contribution in [0.3, 0.4) is 0 Å². The lowest BCUT2D eigenvalue weighted by Gasteiger charge is -2.50. The number of carbonyl (C=O) groups excluding carboxylic acids is 4. The smallest absolute Gasteiger partial charge is 0.407 e. The van der Waals surface area contributed by atoms with E-state index >= 15 is 0 Å². The van der Waals surface area contributed by atoms with Crippen LogP contribution in [0.5, 0.6) is 5.75 Å². The second-order valence-corrected chi connectivity index (χ2v) is 13.0. The predicted octanol–water partition coefficient (Wildman–Crippen LogP) is 3.11. The maximum Gasteiger partial charge on any atom is 0.407 e. The minimum absolute atomic E-state index is 0.163. The maximum absolute atomic E-state index is 13.6. The second-order valence-electron chi connectivity index (χ2n) is 13.0. The number of rotatable bonds is 12. The van der Waals surface area contributed by atoms with Gasteiger partial charge in [0.05, 0.1) is 18.2 Å². The van der Waals surface area contributed by atoms with E-state index in [1.807, 2.05) is 0 Å². The van der Waals surface area contributed by atoms with E-state index in [2.05, 4.69) is 16.0 Å². The molecule has 14 heteroatoms. The van der Waals surface area contributed by atoms with Crippen molar-refractivity contribution in [3.63, 3.8) is 0 Å². The summed E-state index contributed by atoms with van der Waals surface area (Å²) in [4.78, 5) is 54.0. The number of nitrogens with one attached hydrogen (secondary N) is 3. The Bertz CT molecular complexity index is 1730. The van der Waals surface area contributed by atoms with Crippen molar-refractivity contribution in [3.8, 4) is 5.75 Å². The zero-order chi connectivity index (χ0) is 37.7. The number of urea groups is 1. The number of carbonyl (C=O) groups is 4. The lowest BCUT2D eigenvalue weighted by Crippen LogP contribution is -2.78. The van der Waals surface area contributed by atoms with E-state index in [1.54, 1.807) is 61.5 Å². The number of Topliss-reactive ketones (excluding diaryl/α,β-unsaturated/α-hetero) is 1. The largest absolute Gasteiger partial charge is 0.507 e. The van der Waals surface area contributed by atoms with Crippen molar-refractivity contribution in [3.05, 3.63) is 95.1 Å². The average Bonchev–Trinajstić information content (AvgIpc) is 3.23. The summed E-state index contributed by atoms with van der Waals surface area (Å²) in [6.45, 7) is 4.58. The first kappa shape index (κ1) is 38.6. The molecule has 0 aromatic heterocycles. The van der Waals surface area contributed by atoms with E-state index < -0.39 is 59.6 Å². The summed E-state index contributed by atoms with van der Waals surface area (Å²) < 4.78 is 11.1. The van der Waals surface area contributed by atoms with Gasteiger partial charge in [-0.25, -0.2) is 14.4 Å². The Hall–Kier alpha value is -5.18. The molecule has 14 nitrogen and oxygen atoms in total. The first-order valence-electron chi connectivity index (χ1n) is 16.4. The van der Waals surface area contributed by atoms with Gasteiger partial charge in [-0.05, 0) is 56.5 Å². The normalized spacial score (nSPS) is 24.6. The molecule has 51 heavy (non-hydrogen) atoms. The molecule has 1 fully saturated rings. The van der Waals surface area contributed by atoms with Gasteiger partial charge in [-0.2, -0.15) is 0 Å². The fourth-order valence-electron chi connectivity index (χ4n) is 6.86. The number of ether oxygens (including phenoxy) is 2.